The molecule has 0 spiro atoms. The second kappa shape index (κ2) is 4.99. The number of ether oxygens (including phenoxy) is 1. The number of hydrogen-bond acceptors (Lipinski definition) is 5. The van der Waals surface area contributed by atoms with Crippen LogP contribution in [-0.4, -0.2) is 26.6 Å². The zero-order chi connectivity index (χ0) is 12.2. The first kappa shape index (κ1) is 12.5. The Balaban J connectivity index is 2.81. The van der Waals surface area contributed by atoms with Crippen molar-refractivity contribution < 1.29 is 17.9 Å². The molecule has 1 aromatic rings. The van der Waals surface area contributed by atoms with Crippen LogP contribution in [0.25, 0.3) is 0 Å². The van der Waals surface area contributed by atoms with Gasteiger partial charge in [-0.3, -0.25) is 9.71 Å². The van der Waals surface area contributed by atoms with Crippen molar-refractivity contribution in [3.05, 3.63) is 23.5 Å². The third kappa shape index (κ3) is 3.55. The van der Waals surface area contributed by atoms with E-state index in [2.05, 4.69) is 9.72 Å². The smallest absolute Gasteiger partial charge is 0.422 e. The number of halogens is 1. The van der Waals surface area contributed by atoms with Crippen LogP contribution in [0.4, 0.5) is 10.5 Å². The van der Waals surface area contributed by atoms with E-state index in [0.29, 0.717) is 0 Å². The molecule has 7 nitrogen and oxygen atoms in total. The van der Waals surface area contributed by atoms with Gasteiger partial charge >= 0.3 is 16.3 Å². The molecular weight excluding hydrogens is 258 g/mol. The van der Waals surface area contributed by atoms with Gasteiger partial charge in [-0.2, -0.15) is 8.42 Å². The van der Waals surface area contributed by atoms with Crippen LogP contribution in [0.5, 0.6) is 0 Å². The Bertz CT molecular complexity index is 490. The van der Waals surface area contributed by atoms with E-state index in [1.54, 1.807) is 4.72 Å². The summed E-state index contributed by atoms with van der Waals surface area (Å²) in [6.45, 7) is 0. The molecule has 0 aliphatic heterocycles. The molecule has 0 radical (unpaired) electrons. The number of carbonyl (C=O) groups is 1. The maximum absolute atomic E-state index is 11.3. The van der Waals surface area contributed by atoms with Gasteiger partial charge in [-0.1, -0.05) is 11.6 Å². The van der Waals surface area contributed by atoms with Gasteiger partial charge in [0, 0.05) is 6.20 Å². The average Bonchev–Trinajstić information content (AvgIpc) is 2.20. The van der Waals surface area contributed by atoms with Crippen LogP contribution in [0.1, 0.15) is 0 Å². The number of carbonyl (C=O) groups excluding carboxylic acids is 1. The number of aromatic nitrogens is 1. The van der Waals surface area contributed by atoms with Gasteiger partial charge in [0.15, 0.2) is 0 Å². The van der Waals surface area contributed by atoms with E-state index < -0.39 is 16.3 Å². The molecule has 1 rings (SSSR count). The van der Waals surface area contributed by atoms with Crippen LogP contribution in [0, 0.1) is 0 Å². The fourth-order valence-electron chi connectivity index (χ4n) is 0.774. The summed E-state index contributed by atoms with van der Waals surface area (Å²) in [4.78, 5) is 14.4. The molecule has 16 heavy (non-hydrogen) atoms. The molecule has 0 aromatic carbocycles. The van der Waals surface area contributed by atoms with Crippen LogP contribution in [0.3, 0.4) is 0 Å². The average molecular weight is 266 g/mol. The molecule has 0 saturated heterocycles. The molecule has 1 heterocycles. The first-order chi connectivity index (χ1) is 7.44. The van der Waals surface area contributed by atoms with Crippen LogP contribution < -0.4 is 9.44 Å². The number of rotatable bonds is 3. The SMILES string of the molecule is COC(=O)NS(=O)(=O)Nc1cnccc1Cl. The molecule has 9 heteroatoms. The Labute approximate surface area is 97.0 Å². The van der Waals surface area contributed by atoms with E-state index in [1.807, 2.05) is 4.72 Å². The van der Waals surface area contributed by atoms with Gasteiger partial charge < -0.3 is 4.74 Å². The van der Waals surface area contributed by atoms with Gasteiger partial charge in [-0.15, -0.1) is 0 Å². The topological polar surface area (TPSA) is 97.4 Å². The molecule has 1 aromatic heterocycles. The minimum atomic E-state index is -4.07. The normalized spacial score (nSPS) is 10.6. The van der Waals surface area contributed by atoms with E-state index >= 15 is 0 Å². The molecule has 0 aliphatic rings. The van der Waals surface area contributed by atoms with Gasteiger partial charge in [0.05, 0.1) is 24.0 Å². The van der Waals surface area contributed by atoms with E-state index in [1.165, 1.54) is 18.5 Å². The Morgan fingerprint density at radius 1 is 1.56 bits per heavy atom. The summed E-state index contributed by atoms with van der Waals surface area (Å²) in [7, 11) is -3.02. The largest absolute Gasteiger partial charge is 0.452 e. The quantitative estimate of drug-likeness (QED) is 0.840. The third-order valence-electron chi connectivity index (χ3n) is 1.42. The molecule has 1 amide bonds. The molecule has 0 fully saturated rings. The summed E-state index contributed by atoms with van der Waals surface area (Å²) in [6, 6.07) is 1.40. The Kier molecular flexibility index (Phi) is 3.91. The first-order valence-electron chi connectivity index (χ1n) is 3.92. The maximum Gasteiger partial charge on any atom is 0.422 e. The van der Waals surface area contributed by atoms with Crippen molar-refractivity contribution >= 4 is 33.6 Å². The van der Waals surface area contributed by atoms with Gasteiger partial charge in [0.1, 0.15) is 0 Å². The monoisotopic (exact) mass is 265 g/mol. The molecule has 0 unspecified atom stereocenters. The van der Waals surface area contributed by atoms with Gasteiger partial charge in [-0.25, -0.2) is 9.52 Å². The van der Waals surface area contributed by atoms with Crippen molar-refractivity contribution in [1.82, 2.24) is 9.71 Å². The van der Waals surface area contributed by atoms with Crippen molar-refractivity contribution in [2.24, 2.45) is 0 Å². The lowest BCUT2D eigenvalue weighted by Crippen LogP contribution is -2.35. The maximum atomic E-state index is 11.3. The fraction of sp³-hybridized carbons (Fsp3) is 0.143. The molecular formula is C7H8ClN3O4S. The number of nitrogens with one attached hydrogen (secondary N) is 2. The van der Waals surface area contributed by atoms with Crippen LogP contribution >= 0.6 is 11.6 Å². The van der Waals surface area contributed by atoms with Gasteiger partial charge in [0.25, 0.3) is 0 Å². The number of pyridine rings is 1. The van der Waals surface area contributed by atoms with Crippen molar-refractivity contribution in [2.75, 3.05) is 11.8 Å². The lowest BCUT2D eigenvalue weighted by molar-refractivity contribution is 0.177. The lowest BCUT2D eigenvalue weighted by atomic mass is 10.4. The van der Waals surface area contributed by atoms with Crippen LogP contribution in [-0.2, 0) is 14.9 Å². The zero-order valence-electron chi connectivity index (χ0n) is 8.10. The second-order valence-electron chi connectivity index (χ2n) is 2.55. The number of methoxy groups -OCH3 is 1. The zero-order valence-corrected chi connectivity index (χ0v) is 9.67. The molecule has 0 bridgehead atoms. The minimum Gasteiger partial charge on any atom is -0.452 e. The van der Waals surface area contributed by atoms with Crippen molar-refractivity contribution in [1.29, 1.82) is 0 Å². The predicted molar refractivity (Wildman–Crippen MR) is 57.3 cm³/mol. The third-order valence-corrected chi connectivity index (χ3v) is 2.67. The summed E-state index contributed by atoms with van der Waals surface area (Å²) < 4.78 is 30.4. The minimum absolute atomic E-state index is 0.0561. The second-order valence-corrected chi connectivity index (χ2v) is 4.38. The highest BCUT2D eigenvalue weighted by Gasteiger charge is 2.15. The Hall–Kier alpha value is -1.54. The number of anilines is 1. The van der Waals surface area contributed by atoms with Crippen LogP contribution in [0.2, 0.25) is 5.02 Å². The summed E-state index contributed by atoms with van der Waals surface area (Å²) >= 11 is 5.69. The van der Waals surface area contributed by atoms with Crippen molar-refractivity contribution in [2.45, 2.75) is 0 Å². The summed E-state index contributed by atoms with van der Waals surface area (Å²) in [5.74, 6) is 0. The molecule has 2 N–H and O–H groups in total. The first-order valence-corrected chi connectivity index (χ1v) is 5.79. The predicted octanol–water partition coefficient (Wildman–Crippen LogP) is 0.748. The summed E-state index contributed by atoms with van der Waals surface area (Å²) in [6.07, 6.45) is 1.50. The van der Waals surface area contributed by atoms with E-state index in [0.717, 1.165) is 7.11 Å². The highest BCUT2D eigenvalue weighted by molar-refractivity contribution is 7.91. The summed E-state index contributed by atoms with van der Waals surface area (Å²) in [5, 5.41) is 0.158. The molecule has 0 atom stereocenters. The number of amides is 1. The summed E-state index contributed by atoms with van der Waals surface area (Å²) in [5.41, 5.74) is 0.0561. The standard InChI is InChI=1S/C7H8ClN3O4S/c1-15-7(12)11-16(13,14)10-6-4-9-3-2-5(6)8/h2-4,10H,1H3,(H,11,12). The van der Waals surface area contributed by atoms with E-state index in [-0.39, 0.29) is 10.7 Å². The van der Waals surface area contributed by atoms with Gasteiger partial charge in [-0.05, 0) is 6.07 Å². The van der Waals surface area contributed by atoms with E-state index in [9.17, 15) is 13.2 Å². The highest BCUT2D eigenvalue weighted by atomic mass is 35.5. The Morgan fingerprint density at radius 2 is 2.25 bits per heavy atom. The van der Waals surface area contributed by atoms with Crippen LogP contribution in [0.15, 0.2) is 18.5 Å². The molecule has 0 aliphatic carbocycles. The molecule has 88 valence electrons. The highest BCUT2D eigenvalue weighted by Crippen LogP contribution is 2.19. The number of nitrogens with zero attached hydrogens (tertiary/aromatic N) is 1. The molecule has 0 saturated carbocycles. The van der Waals surface area contributed by atoms with E-state index in [4.69, 9.17) is 11.6 Å². The van der Waals surface area contributed by atoms with Crippen molar-refractivity contribution in [3.8, 4) is 0 Å². The van der Waals surface area contributed by atoms with Crippen molar-refractivity contribution in [3.63, 3.8) is 0 Å². The fourth-order valence-corrected chi connectivity index (χ4v) is 1.79. The van der Waals surface area contributed by atoms with Gasteiger partial charge in [0.2, 0.25) is 0 Å². The Morgan fingerprint density at radius 3 is 2.81 bits per heavy atom. The lowest BCUT2D eigenvalue weighted by Gasteiger charge is -2.08. The number of hydrogen-bond donors (Lipinski definition) is 2.